The van der Waals surface area contributed by atoms with Gasteiger partial charge in [-0.25, -0.2) is 9.97 Å². The summed E-state index contributed by atoms with van der Waals surface area (Å²) in [5, 5.41) is 7.85. The van der Waals surface area contributed by atoms with E-state index in [0.29, 0.717) is 17.8 Å². The smallest absolute Gasteiger partial charge is 0.180 e. The van der Waals surface area contributed by atoms with Crippen molar-refractivity contribution in [2.75, 3.05) is 6.54 Å². The van der Waals surface area contributed by atoms with Crippen molar-refractivity contribution in [2.45, 2.75) is 46.6 Å². The average Bonchev–Trinajstić information content (AvgIpc) is 2.82. The largest absolute Gasteiger partial charge is 0.314 e. The van der Waals surface area contributed by atoms with Crippen LogP contribution in [0.25, 0.3) is 11.5 Å². The number of aryl methyl sites for hydroxylation is 3. The number of nitrogens with one attached hydrogen (secondary N) is 1. The van der Waals surface area contributed by atoms with Gasteiger partial charge in [-0.15, -0.1) is 0 Å². The molecule has 114 valence electrons. The van der Waals surface area contributed by atoms with Crippen molar-refractivity contribution in [3.05, 3.63) is 29.2 Å². The zero-order valence-electron chi connectivity index (χ0n) is 13.8. The van der Waals surface area contributed by atoms with Gasteiger partial charge in [0.05, 0.1) is 0 Å². The van der Waals surface area contributed by atoms with Gasteiger partial charge in [-0.05, 0) is 31.4 Å². The zero-order valence-corrected chi connectivity index (χ0v) is 13.8. The van der Waals surface area contributed by atoms with Crippen molar-refractivity contribution >= 4 is 0 Å². The molecule has 2 heterocycles. The molecule has 2 aromatic heterocycles. The molecule has 0 aromatic carbocycles. The lowest BCUT2D eigenvalue weighted by molar-refractivity contribution is 0.544. The van der Waals surface area contributed by atoms with Crippen LogP contribution in [-0.2, 0) is 7.05 Å². The van der Waals surface area contributed by atoms with Gasteiger partial charge in [0.25, 0.3) is 0 Å². The Kier molecular flexibility index (Phi) is 4.73. The lowest BCUT2D eigenvalue weighted by Crippen LogP contribution is -2.27. The van der Waals surface area contributed by atoms with Crippen molar-refractivity contribution in [3.8, 4) is 11.5 Å². The third kappa shape index (κ3) is 3.67. The third-order valence-electron chi connectivity index (χ3n) is 3.59. The van der Waals surface area contributed by atoms with E-state index in [0.717, 1.165) is 23.6 Å². The van der Waals surface area contributed by atoms with Gasteiger partial charge in [0.15, 0.2) is 5.82 Å². The van der Waals surface area contributed by atoms with Gasteiger partial charge in [0.1, 0.15) is 5.69 Å². The van der Waals surface area contributed by atoms with Crippen LogP contribution in [0.2, 0.25) is 0 Å². The first-order valence-corrected chi connectivity index (χ1v) is 7.47. The van der Waals surface area contributed by atoms with Crippen molar-refractivity contribution in [1.29, 1.82) is 0 Å². The van der Waals surface area contributed by atoms with Crippen LogP contribution in [-0.4, -0.2) is 32.3 Å². The summed E-state index contributed by atoms with van der Waals surface area (Å²) in [5.41, 5.74) is 4.15. The molecule has 0 aliphatic rings. The van der Waals surface area contributed by atoms with Crippen molar-refractivity contribution in [2.24, 2.45) is 7.05 Å². The first-order chi connectivity index (χ1) is 9.88. The molecule has 0 aliphatic heterocycles. The summed E-state index contributed by atoms with van der Waals surface area (Å²) in [5.74, 6) is 1.10. The monoisotopic (exact) mass is 287 g/mol. The molecule has 5 nitrogen and oxygen atoms in total. The van der Waals surface area contributed by atoms with Gasteiger partial charge in [-0.1, -0.05) is 20.8 Å². The number of nitrogens with zero attached hydrogens (tertiary/aromatic N) is 4. The van der Waals surface area contributed by atoms with Crippen LogP contribution in [0.1, 0.15) is 43.6 Å². The first kappa shape index (κ1) is 15.6. The first-order valence-electron chi connectivity index (χ1n) is 7.47. The molecule has 0 bridgehead atoms. The molecule has 2 aromatic rings. The average molecular weight is 287 g/mol. The van der Waals surface area contributed by atoms with Crippen LogP contribution in [0.3, 0.4) is 0 Å². The Bertz CT molecular complexity index is 592. The molecular formula is C16H25N5. The molecule has 0 amide bonds. The zero-order chi connectivity index (χ0) is 15.6. The van der Waals surface area contributed by atoms with Gasteiger partial charge in [0, 0.05) is 37.2 Å². The third-order valence-corrected chi connectivity index (χ3v) is 3.59. The number of rotatable bonds is 5. The molecule has 21 heavy (non-hydrogen) atoms. The van der Waals surface area contributed by atoms with Crippen LogP contribution in [0.5, 0.6) is 0 Å². The fourth-order valence-electron chi connectivity index (χ4n) is 2.60. The second kappa shape index (κ2) is 6.35. The van der Waals surface area contributed by atoms with Crippen LogP contribution < -0.4 is 5.32 Å². The van der Waals surface area contributed by atoms with E-state index in [4.69, 9.17) is 0 Å². The van der Waals surface area contributed by atoms with Crippen LogP contribution in [0.4, 0.5) is 0 Å². The number of hydrogen-bond acceptors (Lipinski definition) is 4. The molecule has 5 heteroatoms. The summed E-state index contributed by atoms with van der Waals surface area (Å²) in [4.78, 5) is 9.30. The predicted octanol–water partition coefficient (Wildman–Crippen LogP) is 2.60. The fraction of sp³-hybridized carbons (Fsp3) is 0.562. The summed E-state index contributed by atoms with van der Waals surface area (Å²) in [7, 11) is 1.90. The molecule has 0 spiro atoms. The van der Waals surface area contributed by atoms with E-state index in [1.807, 2.05) is 19.3 Å². The molecule has 1 unspecified atom stereocenters. The Hall–Kier alpha value is -1.75. The molecule has 2 rings (SSSR count). The van der Waals surface area contributed by atoms with Crippen LogP contribution >= 0.6 is 0 Å². The van der Waals surface area contributed by atoms with Crippen molar-refractivity contribution in [3.63, 3.8) is 0 Å². The van der Waals surface area contributed by atoms with E-state index in [2.05, 4.69) is 55.0 Å². The minimum atomic E-state index is 0.394. The second-order valence-corrected chi connectivity index (χ2v) is 5.97. The highest BCUT2D eigenvalue weighted by Gasteiger charge is 2.16. The topological polar surface area (TPSA) is 55.6 Å². The molecule has 1 N–H and O–H groups in total. The Morgan fingerprint density at radius 2 is 1.76 bits per heavy atom. The molecule has 0 aliphatic carbocycles. The SMILES string of the molecule is Cc1nc(-c2ccn(C)n2)nc(C)c1C(C)CNC(C)C. The van der Waals surface area contributed by atoms with Gasteiger partial charge in [-0.3, -0.25) is 4.68 Å². The van der Waals surface area contributed by atoms with Gasteiger partial charge in [-0.2, -0.15) is 5.10 Å². The normalized spacial score (nSPS) is 12.9. The summed E-state index contributed by atoms with van der Waals surface area (Å²) in [6.07, 6.45) is 1.91. The molecule has 0 saturated carbocycles. The molecule has 0 fully saturated rings. The summed E-state index contributed by atoms with van der Waals surface area (Å²) >= 11 is 0. The minimum Gasteiger partial charge on any atom is -0.314 e. The van der Waals surface area contributed by atoms with Gasteiger partial charge < -0.3 is 5.32 Å². The maximum absolute atomic E-state index is 4.65. The predicted molar refractivity (Wildman–Crippen MR) is 85.3 cm³/mol. The van der Waals surface area contributed by atoms with Crippen LogP contribution in [0.15, 0.2) is 12.3 Å². The number of aromatic nitrogens is 4. The van der Waals surface area contributed by atoms with E-state index < -0.39 is 0 Å². The summed E-state index contributed by atoms with van der Waals surface area (Å²) in [6, 6.07) is 2.43. The Labute approximate surface area is 126 Å². The van der Waals surface area contributed by atoms with E-state index >= 15 is 0 Å². The summed E-state index contributed by atoms with van der Waals surface area (Å²) in [6.45, 7) is 11.6. The Morgan fingerprint density at radius 3 is 2.24 bits per heavy atom. The number of hydrogen-bond donors (Lipinski definition) is 1. The van der Waals surface area contributed by atoms with Crippen molar-refractivity contribution < 1.29 is 0 Å². The van der Waals surface area contributed by atoms with Crippen molar-refractivity contribution in [1.82, 2.24) is 25.1 Å². The maximum Gasteiger partial charge on any atom is 0.180 e. The Morgan fingerprint density at radius 1 is 1.14 bits per heavy atom. The highest BCUT2D eigenvalue weighted by molar-refractivity contribution is 5.50. The lowest BCUT2D eigenvalue weighted by atomic mass is 9.97. The molecular weight excluding hydrogens is 262 g/mol. The van der Waals surface area contributed by atoms with E-state index in [9.17, 15) is 0 Å². The second-order valence-electron chi connectivity index (χ2n) is 5.97. The highest BCUT2D eigenvalue weighted by Crippen LogP contribution is 2.23. The van der Waals surface area contributed by atoms with E-state index in [1.54, 1.807) is 4.68 Å². The van der Waals surface area contributed by atoms with E-state index in [-0.39, 0.29) is 0 Å². The molecule has 0 radical (unpaired) electrons. The molecule has 0 saturated heterocycles. The van der Waals surface area contributed by atoms with Gasteiger partial charge in [0.2, 0.25) is 0 Å². The summed E-state index contributed by atoms with van der Waals surface area (Å²) < 4.78 is 1.77. The molecule has 1 atom stereocenters. The maximum atomic E-state index is 4.65. The highest BCUT2D eigenvalue weighted by atomic mass is 15.3. The van der Waals surface area contributed by atoms with Crippen LogP contribution in [0, 0.1) is 13.8 Å². The quantitative estimate of drug-likeness (QED) is 0.918. The minimum absolute atomic E-state index is 0.394. The fourth-order valence-corrected chi connectivity index (χ4v) is 2.60. The standard InChI is InChI=1S/C16H25N5/c1-10(2)17-9-11(3)15-12(4)18-16(19-13(15)5)14-7-8-21(6)20-14/h7-8,10-11,17H,9H2,1-6H3. The van der Waals surface area contributed by atoms with E-state index in [1.165, 1.54) is 5.56 Å². The van der Waals surface area contributed by atoms with Gasteiger partial charge >= 0.3 is 0 Å². The Balaban J connectivity index is 2.29. The lowest BCUT2D eigenvalue weighted by Gasteiger charge is -2.19.